The molecular weight excluding hydrogens is 196 g/mol. The van der Waals surface area contributed by atoms with Crippen LogP contribution < -0.4 is 0 Å². The number of piperidine rings is 1. The fraction of sp³-hybridized carbons (Fsp3) is 0.889. The number of amides is 1. The summed E-state index contributed by atoms with van der Waals surface area (Å²) in [4.78, 5) is 15.7. The third kappa shape index (κ3) is 3.11. The highest BCUT2D eigenvalue weighted by Crippen LogP contribution is 2.19. The van der Waals surface area contributed by atoms with E-state index in [1.54, 1.807) is 4.90 Å². The molecule has 1 fully saturated rings. The lowest BCUT2D eigenvalue weighted by atomic mass is 9.92. The van der Waals surface area contributed by atoms with E-state index in [-0.39, 0.29) is 24.5 Å². The van der Waals surface area contributed by atoms with Crippen molar-refractivity contribution >= 4 is 5.91 Å². The summed E-state index contributed by atoms with van der Waals surface area (Å²) in [5, 5.41) is 12.9. The molecule has 15 heavy (non-hydrogen) atoms. The lowest BCUT2D eigenvalue weighted by Gasteiger charge is -2.35. The topological polar surface area (TPSA) is 89.3 Å². The van der Waals surface area contributed by atoms with Gasteiger partial charge >= 0.3 is 0 Å². The first-order valence-corrected chi connectivity index (χ1v) is 5.15. The Morgan fingerprint density at radius 1 is 1.73 bits per heavy atom. The average molecular weight is 212 g/mol. The Labute approximate surface area is 88.5 Å². The largest absolute Gasteiger partial charge is 0.393 e. The van der Waals surface area contributed by atoms with Gasteiger partial charge in [0.2, 0.25) is 5.91 Å². The van der Waals surface area contributed by atoms with Crippen LogP contribution in [0.2, 0.25) is 0 Å². The van der Waals surface area contributed by atoms with Crippen LogP contribution in [0.5, 0.6) is 0 Å². The van der Waals surface area contributed by atoms with Gasteiger partial charge in [-0.05, 0) is 18.4 Å². The SMILES string of the molecule is CC[C@@H]1CN(C(=O)CN=[N+]=[N-])CC[C@H]1O. The van der Waals surface area contributed by atoms with E-state index in [9.17, 15) is 9.90 Å². The highest BCUT2D eigenvalue weighted by atomic mass is 16.3. The summed E-state index contributed by atoms with van der Waals surface area (Å²) in [6, 6.07) is 0. The summed E-state index contributed by atoms with van der Waals surface area (Å²) in [7, 11) is 0. The summed E-state index contributed by atoms with van der Waals surface area (Å²) >= 11 is 0. The molecule has 1 saturated heterocycles. The van der Waals surface area contributed by atoms with E-state index in [1.807, 2.05) is 6.92 Å². The predicted molar refractivity (Wildman–Crippen MR) is 55.0 cm³/mol. The number of rotatable bonds is 3. The monoisotopic (exact) mass is 212 g/mol. The predicted octanol–water partition coefficient (Wildman–Crippen LogP) is 0.916. The van der Waals surface area contributed by atoms with Crippen molar-refractivity contribution in [3.8, 4) is 0 Å². The molecule has 1 aliphatic heterocycles. The van der Waals surface area contributed by atoms with Crippen molar-refractivity contribution in [2.75, 3.05) is 19.6 Å². The van der Waals surface area contributed by atoms with E-state index >= 15 is 0 Å². The van der Waals surface area contributed by atoms with Crippen LogP contribution in [-0.4, -0.2) is 41.7 Å². The van der Waals surface area contributed by atoms with Gasteiger partial charge in [0.15, 0.2) is 0 Å². The van der Waals surface area contributed by atoms with Crippen LogP contribution in [0.15, 0.2) is 5.11 Å². The molecule has 0 bridgehead atoms. The number of likely N-dealkylation sites (tertiary alicyclic amines) is 1. The first-order valence-electron chi connectivity index (χ1n) is 5.15. The second-order valence-electron chi connectivity index (χ2n) is 3.75. The minimum atomic E-state index is -0.307. The zero-order valence-corrected chi connectivity index (χ0v) is 8.83. The number of nitrogens with zero attached hydrogens (tertiary/aromatic N) is 4. The molecule has 1 N–H and O–H groups in total. The second kappa shape index (κ2) is 5.58. The fourth-order valence-electron chi connectivity index (χ4n) is 1.84. The molecule has 0 unspecified atom stereocenters. The Morgan fingerprint density at radius 2 is 2.47 bits per heavy atom. The normalized spacial score (nSPS) is 25.9. The molecule has 2 atom stereocenters. The quantitative estimate of drug-likeness (QED) is 0.428. The first-order chi connectivity index (χ1) is 7.19. The maximum absolute atomic E-state index is 11.5. The van der Waals surface area contributed by atoms with Crippen LogP contribution in [0.25, 0.3) is 10.4 Å². The lowest BCUT2D eigenvalue weighted by molar-refractivity contribution is -0.133. The van der Waals surface area contributed by atoms with Crippen LogP contribution >= 0.6 is 0 Å². The maximum Gasteiger partial charge on any atom is 0.228 e. The molecule has 0 spiro atoms. The third-order valence-corrected chi connectivity index (χ3v) is 2.84. The molecule has 6 nitrogen and oxygen atoms in total. The number of azide groups is 1. The van der Waals surface area contributed by atoms with E-state index in [2.05, 4.69) is 10.0 Å². The summed E-state index contributed by atoms with van der Waals surface area (Å²) < 4.78 is 0. The van der Waals surface area contributed by atoms with E-state index in [0.717, 1.165) is 6.42 Å². The van der Waals surface area contributed by atoms with Crippen molar-refractivity contribution in [3.05, 3.63) is 10.4 Å². The second-order valence-corrected chi connectivity index (χ2v) is 3.75. The van der Waals surface area contributed by atoms with Crippen molar-refractivity contribution in [2.24, 2.45) is 11.0 Å². The molecule has 0 saturated carbocycles. The highest BCUT2D eigenvalue weighted by molar-refractivity contribution is 5.78. The number of hydrogen-bond acceptors (Lipinski definition) is 3. The van der Waals surface area contributed by atoms with Crippen molar-refractivity contribution in [3.63, 3.8) is 0 Å². The summed E-state index contributed by atoms with van der Waals surface area (Å²) in [6.07, 6.45) is 1.16. The first kappa shape index (κ1) is 11.8. The zero-order valence-electron chi connectivity index (χ0n) is 8.83. The third-order valence-electron chi connectivity index (χ3n) is 2.84. The molecule has 6 heteroatoms. The molecule has 0 aromatic carbocycles. The van der Waals surface area contributed by atoms with Gasteiger partial charge in [0.1, 0.15) is 6.54 Å². The number of hydrogen-bond donors (Lipinski definition) is 1. The molecule has 0 radical (unpaired) electrons. The van der Waals surface area contributed by atoms with Crippen LogP contribution in [0.1, 0.15) is 19.8 Å². The highest BCUT2D eigenvalue weighted by Gasteiger charge is 2.28. The molecule has 84 valence electrons. The molecule has 1 aliphatic rings. The Balaban J connectivity index is 2.50. The Hall–Kier alpha value is -1.26. The van der Waals surface area contributed by atoms with Crippen LogP contribution in [-0.2, 0) is 4.79 Å². The number of aliphatic hydroxyl groups excluding tert-OH is 1. The standard InChI is InChI=1S/C9H16N4O2/c1-2-7-6-13(4-3-8(7)14)9(15)5-11-12-10/h7-8,14H,2-6H2,1H3/t7-,8-/m1/s1. The van der Waals surface area contributed by atoms with E-state index in [0.29, 0.717) is 19.5 Å². The number of carbonyl (C=O) groups is 1. The molecule has 1 heterocycles. The van der Waals surface area contributed by atoms with E-state index in [4.69, 9.17) is 5.53 Å². The van der Waals surface area contributed by atoms with Crippen molar-refractivity contribution in [1.29, 1.82) is 0 Å². The molecule has 1 amide bonds. The van der Waals surface area contributed by atoms with Gasteiger partial charge in [-0.25, -0.2) is 0 Å². The summed E-state index contributed by atoms with van der Waals surface area (Å²) in [6.45, 7) is 2.99. The van der Waals surface area contributed by atoms with Gasteiger partial charge in [0.25, 0.3) is 0 Å². The Kier molecular flexibility index (Phi) is 4.39. The van der Waals surface area contributed by atoms with E-state index < -0.39 is 0 Å². The van der Waals surface area contributed by atoms with Gasteiger partial charge in [0, 0.05) is 23.9 Å². The minimum Gasteiger partial charge on any atom is -0.393 e. The van der Waals surface area contributed by atoms with Crippen molar-refractivity contribution < 1.29 is 9.90 Å². The van der Waals surface area contributed by atoms with Crippen molar-refractivity contribution in [1.82, 2.24) is 4.90 Å². The van der Waals surface area contributed by atoms with Crippen LogP contribution in [0, 0.1) is 5.92 Å². The maximum atomic E-state index is 11.5. The van der Waals surface area contributed by atoms with Gasteiger partial charge in [-0.3, -0.25) is 4.79 Å². The van der Waals surface area contributed by atoms with Crippen molar-refractivity contribution in [2.45, 2.75) is 25.9 Å². The molecular formula is C9H16N4O2. The molecule has 0 aliphatic carbocycles. The summed E-state index contributed by atoms with van der Waals surface area (Å²) in [5.74, 6) is -0.00749. The van der Waals surface area contributed by atoms with Gasteiger partial charge in [-0.1, -0.05) is 12.0 Å². The Bertz CT molecular complexity index is 275. The van der Waals surface area contributed by atoms with E-state index in [1.165, 1.54) is 0 Å². The minimum absolute atomic E-state index is 0.122. The van der Waals surface area contributed by atoms with Gasteiger partial charge in [-0.15, -0.1) is 0 Å². The van der Waals surface area contributed by atoms with Gasteiger partial charge in [-0.2, -0.15) is 0 Å². The lowest BCUT2D eigenvalue weighted by Crippen LogP contribution is -2.46. The summed E-state index contributed by atoms with van der Waals surface area (Å²) in [5.41, 5.74) is 8.10. The van der Waals surface area contributed by atoms with Crippen LogP contribution in [0.3, 0.4) is 0 Å². The van der Waals surface area contributed by atoms with Gasteiger partial charge in [0.05, 0.1) is 6.10 Å². The Morgan fingerprint density at radius 3 is 3.07 bits per heavy atom. The van der Waals surface area contributed by atoms with Crippen LogP contribution in [0.4, 0.5) is 0 Å². The average Bonchev–Trinajstić information content (AvgIpc) is 2.26. The smallest absolute Gasteiger partial charge is 0.228 e. The molecule has 1 rings (SSSR count). The number of aliphatic hydroxyl groups is 1. The zero-order chi connectivity index (χ0) is 11.3. The number of carbonyl (C=O) groups excluding carboxylic acids is 1. The molecule has 0 aromatic heterocycles. The molecule has 0 aromatic rings. The van der Waals surface area contributed by atoms with Gasteiger partial charge < -0.3 is 10.0 Å². The fourth-order valence-corrected chi connectivity index (χ4v) is 1.84.